The van der Waals surface area contributed by atoms with Gasteiger partial charge in [0.15, 0.2) is 0 Å². The molecule has 0 saturated carbocycles. The minimum absolute atomic E-state index is 0.0158. The summed E-state index contributed by atoms with van der Waals surface area (Å²) in [5.41, 5.74) is 0.960. The SMILES string of the molecule is CCCNC(c1c(Cl)cnn1CCOC)C(C)OC. The van der Waals surface area contributed by atoms with Crippen LogP contribution >= 0.6 is 11.6 Å². The van der Waals surface area contributed by atoms with Crippen LogP contribution in [0.5, 0.6) is 0 Å². The van der Waals surface area contributed by atoms with Gasteiger partial charge in [0.1, 0.15) is 0 Å². The molecule has 2 unspecified atom stereocenters. The summed E-state index contributed by atoms with van der Waals surface area (Å²) in [5, 5.41) is 8.44. The van der Waals surface area contributed by atoms with E-state index < -0.39 is 0 Å². The van der Waals surface area contributed by atoms with Crippen LogP contribution in [-0.4, -0.2) is 43.3 Å². The molecule has 1 heterocycles. The van der Waals surface area contributed by atoms with Gasteiger partial charge >= 0.3 is 0 Å². The number of methoxy groups -OCH3 is 2. The lowest BCUT2D eigenvalue weighted by molar-refractivity contribution is 0.0791. The molecule has 19 heavy (non-hydrogen) atoms. The molecular weight excluding hydrogens is 266 g/mol. The van der Waals surface area contributed by atoms with Gasteiger partial charge in [0.25, 0.3) is 0 Å². The molecule has 1 aromatic heterocycles. The minimum Gasteiger partial charge on any atom is -0.383 e. The van der Waals surface area contributed by atoms with Crippen molar-refractivity contribution in [3.8, 4) is 0 Å². The first-order valence-corrected chi connectivity index (χ1v) is 6.99. The van der Waals surface area contributed by atoms with Crippen LogP contribution in [0.3, 0.4) is 0 Å². The summed E-state index contributed by atoms with van der Waals surface area (Å²) in [7, 11) is 3.38. The third-order valence-electron chi connectivity index (χ3n) is 3.09. The van der Waals surface area contributed by atoms with E-state index in [0.29, 0.717) is 18.2 Å². The van der Waals surface area contributed by atoms with Gasteiger partial charge in [0.2, 0.25) is 0 Å². The van der Waals surface area contributed by atoms with Crippen molar-refractivity contribution in [3.05, 3.63) is 16.9 Å². The number of rotatable bonds is 9. The van der Waals surface area contributed by atoms with Crippen molar-refractivity contribution in [1.82, 2.24) is 15.1 Å². The molecule has 0 aliphatic rings. The molecule has 0 fully saturated rings. The fourth-order valence-electron chi connectivity index (χ4n) is 1.96. The van der Waals surface area contributed by atoms with Crippen molar-refractivity contribution in [2.45, 2.75) is 39.0 Å². The normalized spacial score (nSPS) is 14.6. The van der Waals surface area contributed by atoms with Gasteiger partial charge in [0, 0.05) is 14.2 Å². The molecule has 1 N–H and O–H groups in total. The van der Waals surface area contributed by atoms with Crippen molar-refractivity contribution < 1.29 is 9.47 Å². The first-order chi connectivity index (χ1) is 9.15. The van der Waals surface area contributed by atoms with Crippen LogP contribution in [0, 0.1) is 0 Å². The van der Waals surface area contributed by atoms with E-state index in [0.717, 1.165) is 18.7 Å². The van der Waals surface area contributed by atoms with Crippen LogP contribution in [-0.2, 0) is 16.0 Å². The van der Waals surface area contributed by atoms with E-state index in [-0.39, 0.29) is 12.1 Å². The molecule has 0 radical (unpaired) electrons. The average molecular weight is 290 g/mol. The molecule has 0 saturated heterocycles. The molecule has 0 aromatic carbocycles. The summed E-state index contributed by atoms with van der Waals surface area (Å²) in [6.45, 7) is 6.35. The van der Waals surface area contributed by atoms with E-state index in [4.69, 9.17) is 21.1 Å². The Bertz CT molecular complexity index is 371. The van der Waals surface area contributed by atoms with Crippen molar-refractivity contribution in [3.63, 3.8) is 0 Å². The predicted octanol–water partition coefficient (Wildman–Crippen LogP) is 2.26. The second-order valence-corrected chi connectivity index (χ2v) is 4.87. The summed E-state index contributed by atoms with van der Waals surface area (Å²) in [4.78, 5) is 0. The smallest absolute Gasteiger partial charge is 0.0835 e. The lowest BCUT2D eigenvalue weighted by Gasteiger charge is -2.25. The first kappa shape index (κ1) is 16.4. The highest BCUT2D eigenvalue weighted by Gasteiger charge is 2.25. The Morgan fingerprint density at radius 3 is 2.79 bits per heavy atom. The van der Waals surface area contributed by atoms with Crippen LogP contribution in [0.4, 0.5) is 0 Å². The number of hydrogen-bond donors (Lipinski definition) is 1. The van der Waals surface area contributed by atoms with Gasteiger partial charge < -0.3 is 14.8 Å². The molecule has 110 valence electrons. The van der Waals surface area contributed by atoms with Gasteiger partial charge in [-0.3, -0.25) is 4.68 Å². The van der Waals surface area contributed by atoms with Crippen molar-refractivity contribution in [2.24, 2.45) is 0 Å². The Hall–Kier alpha value is -0.620. The van der Waals surface area contributed by atoms with E-state index >= 15 is 0 Å². The van der Waals surface area contributed by atoms with Crippen molar-refractivity contribution in [1.29, 1.82) is 0 Å². The zero-order valence-corrected chi connectivity index (χ0v) is 12.9. The molecule has 0 aliphatic carbocycles. The van der Waals surface area contributed by atoms with Crippen LogP contribution < -0.4 is 5.32 Å². The van der Waals surface area contributed by atoms with Crippen LogP contribution in [0.1, 0.15) is 32.0 Å². The molecule has 0 spiro atoms. The van der Waals surface area contributed by atoms with Gasteiger partial charge in [-0.2, -0.15) is 5.10 Å². The second kappa shape index (κ2) is 8.53. The lowest BCUT2D eigenvalue weighted by atomic mass is 10.1. The molecular formula is C13H24ClN3O2. The number of ether oxygens (including phenoxy) is 2. The Kier molecular flexibility index (Phi) is 7.38. The van der Waals surface area contributed by atoms with Crippen LogP contribution in [0.15, 0.2) is 6.20 Å². The van der Waals surface area contributed by atoms with Crippen LogP contribution in [0.2, 0.25) is 5.02 Å². The zero-order chi connectivity index (χ0) is 14.3. The average Bonchev–Trinajstić information content (AvgIpc) is 2.78. The molecule has 0 bridgehead atoms. The monoisotopic (exact) mass is 289 g/mol. The highest BCUT2D eigenvalue weighted by atomic mass is 35.5. The van der Waals surface area contributed by atoms with E-state index in [2.05, 4.69) is 17.3 Å². The largest absolute Gasteiger partial charge is 0.383 e. The third kappa shape index (κ3) is 4.45. The molecule has 1 rings (SSSR count). The first-order valence-electron chi connectivity index (χ1n) is 6.62. The van der Waals surface area contributed by atoms with Gasteiger partial charge in [-0.25, -0.2) is 0 Å². The Labute approximate surface area is 120 Å². The Balaban J connectivity index is 2.95. The van der Waals surface area contributed by atoms with Gasteiger partial charge in [-0.1, -0.05) is 18.5 Å². The third-order valence-corrected chi connectivity index (χ3v) is 3.38. The lowest BCUT2D eigenvalue weighted by Crippen LogP contribution is -2.34. The van der Waals surface area contributed by atoms with Gasteiger partial charge in [0.05, 0.1) is 42.2 Å². The fraction of sp³-hybridized carbons (Fsp3) is 0.769. The quantitative estimate of drug-likeness (QED) is 0.757. The minimum atomic E-state index is 0.0158. The summed E-state index contributed by atoms with van der Waals surface area (Å²) in [6.07, 6.45) is 2.74. The number of hydrogen-bond acceptors (Lipinski definition) is 4. The zero-order valence-electron chi connectivity index (χ0n) is 12.1. The number of aromatic nitrogens is 2. The van der Waals surface area contributed by atoms with E-state index in [1.807, 2.05) is 11.6 Å². The summed E-state index contributed by atoms with van der Waals surface area (Å²) in [6, 6.07) is 0.0248. The topological polar surface area (TPSA) is 48.3 Å². The van der Waals surface area contributed by atoms with E-state index in [1.165, 1.54) is 0 Å². The molecule has 6 heteroatoms. The maximum absolute atomic E-state index is 6.28. The van der Waals surface area contributed by atoms with Gasteiger partial charge in [-0.15, -0.1) is 0 Å². The van der Waals surface area contributed by atoms with Crippen LogP contribution in [0.25, 0.3) is 0 Å². The highest BCUT2D eigenvalue weighted by Crippen LogP contribution is 2.26. The van der Waals surface area contributed by atoms with Crippen molar-refractivity contribution >= 4 is 11.6 Å². The Morgan fingerprint density at radius 2 is 2.21 bits per heavy atom. The number of nitrogens with zero attached hydrogens (tertiary/aromatic N) is 2. The molecule has 1 aromatic rings. The molecule has 5 nitrogen and oxygen atoms in total. The number of halogens is 1. The fourth-order valence-corrected chi connectivity index (χ4v) is 2.22. The van der Waals surface area contributed by atoms with Gasteiger partial charge in [-0.05, 0) is 19.9 Å². The summed E-state index contributed by atoms with van der Waals surface area (Å²) in [5.74, 6) is 0. The van der Waals surface area contributed by atoms with E-state index in [1.54, 1.807) is 20.4 Å². The summed E-state index contributed by atoms with van der Waals surface area (Å²) >= 11 is 6.28. The maximum Gasteiger partial charge on any atom is 0.0835 e. The molecule has 2 atom stereocenters. The highest BCUT2D eigenvalue weighted by molar-refractivity contribution is 6.31. The maximum atomic E-state index is 6.28. The van der Waals surface area contributed by atoms with Crippen molar-refractivity contribution in [2.75, 3.05) is 27.4 Å². The number of nitrogens with one attached hydrogen (secondary N) is 1. The Morgan fingerprint density at radius 1 is 1.47 bits per heavy atom. The predicted molar refractivity (Wildman–Crippen MR) is 76.6 cm³/mol. The standard InChI is InChI=1S/C13H24ClN3O2/c1-5-6-15-12(10(2)19-4)13-11(14)9-16-17(13)7-8-18-3/h9-10,12,15H,5-8H2,1-4H3. The summed E-state index contributed by atoms with van der Waals surface area (Å²) < 4.78 is 12.4. The van der Waals surface area contributed by atoms with E-state index in [9.17, 15) is 0 Å². The second-order valence-electron chi connectivity index (χ2n) is 4.47. The molecule has 0 amide bonds. The molecule has 0 aliphatic heterocycles.